The average Bonchev–Trinajstić information content (AvgIpc) is 3.05. The summed E-state index contributed by atoms with van der Waals surface area (Å²) in [5, 5.41) is 4.79. The van der Waals surface area contributed by atoms with E-state index in [1.165, 1.54) is 17.0 Å². The first-order valence-corrected chi connectivity index (χ1v) is 7.74. The van der Waals surface area contributed by atoms with E-state index in [1.807, 2.05) is 0 Å². The summed E-state index contributed by atoms with van der Waals surface area (Å²) < 4.78 is 13.5. The molecule has 0 radical (unpaired) electrons. The van der Waals surface area contributed by atoms with E-state index in [-0.39, 0.29) is 5.91 Å². The summed E-state index contributed by atoms with van der Waals surface area (Å²) in [7, 11) is 1.63. The second-order valence-corrected chi connectivity index (χ2v) is 6.07. The van der Waals surface area contributed by atoms with E-state index in [1.54, 1.807) is 37.4 Å². The highest BCUT2D eigenvalue weighted by Crippen LogP contribution is 2.40. The van der Waals surface area contributed by atoms with E-state index in [0.717, 1.165) is 0 Å². The van der Waals surface area contributed by atoms with Gasteiger partial charge in [-0.1, -0.05) is 30.3 Å². The van der Waals surface area contributed by atoms with Crippen molar-refractivity contribution in [3.63, 3.8) is 0 Å². The molecule has 4 rings (SSSR count). The largest absolute Gasteiger partial charge is 0.331 e. The maximum atomic E-state index is 13.5. The van der Waals surface area contributed by atoms with E-state index in [2.05, 4.69) is 10.6 Å². The molecule has 2 aliphatic heterocycles. The quantitative estimate of drug-likeness (QED) is 0.820. The molecule has 126 valence electrons. The molecule has 2 atom stereocenters. The lowest BCUT2D eigenvalue weighted by atomic mass is 9.91. The van der Waals surface area contributed by atoms with Gasteiger partial charge in [0, 0.05) is 12.6 Å². The van der Waals surface area contributed by atoms with E-state index in [0.29, 0.717) is 22.3 Å². The molecule has 0 bridgehead atoms. The zero-order valence-corrected chi connectivity index (χ0v) is 13.2. The molecule has 1 saturated heterocycles. The van der Waals surface area contributed by atoms with Crippen molar-refractivity contribution >= 4 is 17.8 Å². The lowest BCUT2D eigenvalue weighted by Gasteiger charge is -2.25. The van der Waals surface area contributed by atoms with Crippen molar-refractivity contribution in [1.29, 1.82) is 0 Å². The minimum atomic E-state index is -0.822. The number of nitrogens with zero attached hydrogens (tertiary/aromatic N) is 1. The van der Waals surface area contributed by atoms with Gasteiger partial charge >= 0.3 is 6.03 Å². The summed E-state index contributed by atoms with van der Waals surface area (Å²) >= 11 is 0. The molecule has 0 aliphatic carbocycles. The molecule has 6 nitrogen and oxygen atoms in total. The predicted octanol–water partition coefficient (Wildman–Crippen LogP) is 1.88. The summed E-state index contributed by atoms with van der Waals surface area (Å²) in [6, 6.07) is 9.40. The number of hydrogen-bond acceptors (Lipinski definition) is 3. The maximum Gasteiger partial charge on any atom is 0.322 e. The van der Waals surface area contributed by atoms with Crippen molar-refractivity contribution < 1.29 is 18.8 Å². The number of nitrogens with one attached hydrogen (secondary N) is 2. The number of hydrogen-bond donors (Lipinski definition) is 2. The van der Waals surface area contributed by atoms with Crippen LogP contribution in [-0.2, 0) is 4.79 Å². The highest BCUT2D eigenvalue weighted by molar-refractivity contribution is 6.05. The number of rotatable bonds is 2. The third-order valence-electron chi connectivity index (χ3n) is 4.62. The Morgan fingerprint density at radius 2 is 1.72 bits per heavy atom. The van der Waals surface area contributed by atoms with Crippen LogP contribution in [0.5, 0.6) is 0 Å². The fourth-order valence-corrected chi connectivity index (χ4v) is 3.50. The molecule has 2 aliphatic rings. The van der Waals surface area contributed by atoms with Gasteiger partial charge in [-0.15, -0.1) is 0 Å². The van der Waals surface area contributed by atoms with Gasteiger partial charge in [0.25, 0.3) is 11.8 Å². The fraction of sp³-hybridized carbons (Fsp3) is 0.167. The Labute approximate surface area is 142 Å². The van der Waals surface area contributed by atoms with Crippen LogP contribution >= 0.6 is 0 Å². The van der Waals surface area contributed by atoms with E-state index in [9.17, 15) is 18.8 Å². The number of carbonyl (C=O) groups is 3. The first-order chi connectivity index (χ1) is 12.0. The SMILES string of the molecule is CN1C(=O)c2cc(F)ccc2C1c1ccccc1[C@@H]1NC(=O)NC1=O. The van der Waals surface area contributed by atoms with Gasteiger partial charge in [0.1, 0.15) is 11.9 Å². The Morgan fingerprint density at radius 3 is 2.40 bits per heavy atom. The molecule has 2 heterocycles. The predicted molar refractivity (Wildman–Crippen MR) is 86.2 cm³/mol. The number of urea groups is 1. The van der Waals surface area contributed by atoms with Gasteiger partial charge in [0.05, 0.1) is 6.04 Å². The lowest BCUT2D eigenvalue weighted by Crippen LogP contribution is -2.27. The Morgan fingerprint density at radius 1 is 1.00 bits per heavy atom. The molecular formula is C18H14FN3O3. The van der Waals surface area contributed by atoms with Crippen LogP contribution in [0.25, 0.3) is 0 Å². The summed E-state index contributed by atoms with van der Waals surface area (Å²) in [4.78, 5) is 37.5. The average molecular weight is 339 g/mol. The minimum absolute atomic E-state index is 0.283. The third kappa shape index (κ3) is 2.27. The monoisotopic (exact) mass is 339 g/mol. The third-order valence-corrected chi connectivity index (χ3v) is 4.62. The van der Waals surface area contributed by atoms with Gasteiger partial charge < -0.3 is 10.2 Å². The summed E-state index contributed by atoms with van der Waals surface area (Å²) in [6.45, 7) is 0. The first-order valence-electron chi connectivity index (χ1n) is 7.74. The van der Waals surface area contributed by atoms with Crippen molar-refractivity contribution in [2.24, 2.45) is 0 Å². The highest BCUT2D eigenvalue weighted by Gasteiger charge is 2.39. The Balaban J connectivity index is 1.85. The minimum Gasteiger partial charge on any atom is -0.331 e. The Hall–Kier alpha value is -3.22. The Bertz CT molecular complexity index is 928. The van der Waals surface area contributed by atoms with Gasteiger partial charge in [0.2, 0.25) is 0 Å². The topological polar surface area (TPSA) is 78.5 Å². The molecule has 4 amide bonds. The van der Waals surface area contributed by atoms with Gasteiger partial charge in [0.15, 0.2) is 0 Å². The van der Waals surface area contributed by atoms with Crippen LogP contribution in [0.2, 0.25) is 0 Å². The molecule has 1 unspecified atom stereocenters. The van der Waals surface area contributed by atoms with Crippen LogP contribution in [0.4, 0.5) is 9.18 Å². The second-order valence-electron chi connectivity index (χ2n) is 6.07. The van der Waals surface area contributed by atoms with E-state index in [4.69, 9.17) is 0 Å². The fourth-order valence-electron chi connectivity index (χ4n) is 3.50. The van der Waals surface area contributed by atoms with Crippen molar-refractivity contribution in [2.45, 2.75) is 12.1 Å². The van der Waals surface area contributed by atoms with E-state index >= 15 is 0 Å². The second kappa shape index (κ2) is 5.41. The van der Waals surface area contributed by atoms with Crippen LogP contribution in [0.15, 0.2) is 42.5 Å². The molecule has 0 aromatic heterocycles. The van der Waals surface area contributed by atoms with Crippen molar-refractivity contribution in [1.82, 2.24) is 15.5 Å². The van der Waals surface area contributed by atoms with Gasteiger partial charge in [-0.05, 0) is 28.8 Å². The van der Waals surface area contributed by atoms with Gasteiger partial charge in [-0.3, -0.25) is 14.9 Å². The highest BCUT2D eigenvalue weighted by atomic mass is 19.1. The molecule has 2 N–H and O–H groups in total. The van der Waals surface area contributed by atoms with Crippen LogP contribution in [-0.4, -0.2) is 29.8 Å². The zero-order valence-electron chi connectivity index (χ0n) is 13.2. The lowest BCUT2D eigenvalue weighted by molar-refractivity contribution is -0.120. The van der Waals surface area contributed by atoms with Crippen LogP contribution in [0.3, 0.4) is 0 Å². The number of fused-ring (bicyclic) bond motifs is 1. The molecular weight excluding hydrogens is 325 g/mol. The number of imide groups is 1. The normalized spacial score (nSPS) is 22.0. The van der Waals surface area contributed by atoms with Crippen molar-refractivity contribution in [2.75, 3.05) is 7.05 Å². The van der Waals surface area contributed by atoms with Crippen molar-refractivity contribution in [3.05, 3.63) is 70.5 Å². The summed E-state index contributed by atoms with van der Waals surface area (Å²) in [6.07, 6.45) is 0. The number of halogens is 1. The van der Waals surface area contributed by atoms with Crippen LogP contribution in [0, 0.1) is 5.82 Å². The molecule has 2 aromatic carbocycles. The first kappa shape index (κ1) is 15.3. The number of benzene rings is 2. The van der Waals surface area contributed by atoms with Crippen molar-refractivity contribution in [3.8, 4) is 0 Å². The zero-order chi connectivity index (χ0) is 17.7. The summed E-state index contributed by atoms with van der Waals surface area (Å²) in [5.41, 5.74) is 2.30. The number of carbonyl (C=O) groups excluding carboxylic acids is 3. The van der Waals surface area contributed by atoms with Gasteiger partial charge in [-0.25, -0.2) is 9.18 Å². The Kier molecular flexibility index (Phi) is 3.31. The number of amides is 4. The standard InChI is InChI=1S/C18H14FN3O3/c1-22-15(12-7-6-9(19)8-13(12)17(22)24)11-5-3-2-4-10(11)14-16(23)21-18(25)20-14/h2-8,14-15H,1H3,(H2,20,21,23,25)/t14-,15?/m0/s1. The van der Waals surface area contributed by atoms with E-state index < -0.39 is 29.8 Å². The molecule has 0 spiro atoms. The van der Waals surface area contributed by atoms with Crippen LogP contribution < -0.4 is 10.6 Å². The van der Waals surface area contributed by atoms with Gasteiger partial charge in [-0.2, -0.15) is 0 Å². The molecule has 1 fully saturated rings. The maximum absolute atomic E-state index is 13.5. The molecule has 2 aromatic rings. The molecule has 7 heteroatoms. The molecule has 25 heavy (non-hydrogen) atoms. The summed E-state index contributed by atoms with van der Waals surface area (Å²) in [5.74, 6) is -1.20. The smallest absolute Gasteiger partial charge is 0.322 e. The van der Waals surface area contributed by atoms with Crippen LogP contribution in [0.1, 0.15) is 39.1 Å². The molecule has 0 saturated carbocycles.